The van der Waals surface area contributed by atoms with E-state index in [4.69, 9.17) is 14.2 Å². The van der Waals surface area contributed by atoms with Crippen LogP contribution < -0.4 is 19.5 Å². The SMILES string of the molecule is COc1ccc(NC(=O)c2ccccc2OCC(C)C)cc1OC. The Morgan fingerprint density at radius 3 is 2.38 bits per heavy atom. The number of rotatable bonds is 7. The largest absolute Gasteiger partial charge is 0.493 e. The van der Waals surface area contributed by atoms with Gasteiger partial charge in [-0.25, -0.2) is 0 Å². The summed E-state index contributed by atoms with van der Waals surface area (Å²) < 4.78 is 16.2. The standard InChI is InChI=1S/C19H23NO4/c1-13(2)12-24-16-8-6-5-7-15(16)19(21)20-14-9-10-17(22-3)18(11-14)23-4/h5-11,13H,12H2,1-4H3,(H,20,21). The van der Waals surface area contributed by atoms with E-state index < -0.39 is 0 Å². The summed E-state index contributed by atoms with van der Waals surface area (Å²) in [7, 11) is 3.12. The molecular formula is C19H23NO4. The van der Waals surface area contributed by atoms with Gasteiger partial charge in [0, 0.05) is 11.8 Å². The van der Waals surface area contributed by atoms with Crippen LogP contribution in [-0.2, 0) is 0 Å². The Labute approximate surface area is 142 Å². The zero-order valence-electron chi connectivity index (χ0n) is 14.5. The molecule has 1 N–H and O–H groups in total. The molecule has 2 rings (SSSR count). The smallest absolute Gasteiger partial charge is 0.259 e. The molecule has 0 saturated carbocycles. The van der Waals surface area contributed by atoms with Gasteiger partial charge >= 0.3 is 0 Å². The van der Waals surface area contributed by atoms with E-state index >= 15 is 0 Å². The molecule has 0 saturated heterocycles. The summed E-state index contributed by atoms with van der Waals surface area (Å²) >= 11 is 0. The number of methoxy groups -OCH3 is 2. The number of hydrogen-bond donors (Lipinski definition) is 1. The van der Waals surface area contributed by atoms with E-state index in [0.29, 0.717) is 41.0 Å². The normalized spacial score (nSPS) is 10.4. The van der Waals surface area contributed by atoms with Crippen LogP contribution in [0.2, 0.25) is 0 Å². The van der Waals surface area contributed by atoms with Crippen molar-refractivity contribution in [1.29, 1.82) is 0 Å². The third-order valence-corrected chi connectivity index (χ3v) is 3.35. The Kier molecular flexibility index (Phi) is 6.07. The van der Waals surface area contributed by atoms with Gasteiger partial charge in [0.05, 0.1) is 26.4 Å². The molecule has 128 valence electrons. The second-order valence-corrected chi connectivity index (χ2v) is 5.72. The number of nitrogens with one attached hydrogen (secondary N) is 1. The Morgan fingerprint density at radius 1 is 1.00 bits per heavy atom. The van der Waals surface area contributed by atoms with Crippen LogP contribution in [0.15, 0.2) is 42.5 Å². The van der Waals surface area contributed by atoms with Crippen LogP contribution in [0.3, 0.4) is 0 Å². The maximum Gasteiger partial charge on any atom is 0.259 e. The van der Waals surface area contributed by atoms with E-state index in [2.05, 4.69) is 19.2 Å². The van der Waals surface area contributed by atoms with Crippen LogP contribution in [0, 0.1) is 5.92 Å². The highest BCUT2D eigenvalue weighted by Gasteiger charge is 2.14. The van der Waals surface area contributed by atoms with Crippen molar-refractivity contribution in [3.8, 4) is 17.2 Å². The zero-order chi connectivity index (χ0) is 17.5. The predicted molar refractivity (Wildman–Crippen MR) is 94.3 cm³/mol. The van der Waals surface area contributed by atoms with Gasteiger partial charge < -0.3 is 19.5 Å². The first-order valence-electron chi connectivity index (χ1n) is 7.80. The third-order valence-electron chi connectivity index (χ3n) is 3.35. The van der Waals surface area contributed by atoms with E-state index in [-0.39, 0.29) is 5.91 Å². The number of carbonyl (C=O) groups is 1. The van der Waals surface area contributed by atoms with Gasteiger partial charge in [0.1, 0.15) is 5.75 Å². The number of hydrogen-bond acceptors (Lipinski definition) is 4. The van der Waals surface area contributed by atoms with Crippen molar-refractivity contribution < 1.29 is 19.0 Å². The summed E-state index contributed by atoms with van der Waals surface area (Å²) in [6, 6.07) is 12.4. The second-order valence-electron chi connectivity index (χ2n) is 5.72. The first kappa shape index (κ1) is 17.7. The number of amides is 1. The molecule has 0 aliphatic rings. The predicted octanol–water partition coefficient (Wildman–Crippen LogP) is 3.99. The average molecular weight is 329 g/mol. The molecule has 0 spiro atoms. The summed E-state index contributed by atoms with van der Waals surface area (Å²) in [5.41, 5.74) is 1.12. The molecule has 0 heterocycles. The molecule has 5 heteroatoms. The number of para-hydroxylation sites is 1. The molecule has 2 aromatic carbocycles. The van der Waals surface area contributed by atoms with Crippen LogP contribution >= 0.6 is 0 Å². The van der Waals surface area contributed by atoms with Crippen LogP contribution in [0.25, 0.3) is 0 Å². The van der Waals surface area contributed by atoms with Gasteiger partial charge in [-0.2, -0.15) is 0 Å². The number of anilines is 1. The van der Waals surface area contributed by atoms with Gasteiger partial charge in [-0.05, 0) is 30.2 Å². The van der Waals surface area contributed by atoms with Gasteiger partial charge in [0.2, 0.25) is 0 Å². The van der Waals surface area contributed by atoms with Crippen molar-refractivity contribution in [3.63, 3.8) is 0 Å². The number of benzene rings is 2. The molecule has 0 fully saturated rings. The van der Waals surface area contributed by atoms with E-state index in [0.717, 1.165) is 0 Å². The molecule has 5 nitrogen and oxygen atoms in total. The minimum Gasteiger partial charge on any atom is -0.493 e. The van der Waals surface area contributed by atoms with Gasteiger partial charge in [-0.1, -0.05) is 26.0 Å². The average Bonchev–Trinajstić information content (AvgIpc) is 2.59. The summed E-state index contributed by atoms with van der Waals surface area (Å²) in [6.07, 6.45) is 0. The Morgan fingerprint density at radius 2 is 1.71 bits per heavy atom. The summed E-state index contributed by atoms with van der Waals surface area (Å²) in [5.74, 6) is 1.88. The first-order chi connectivity index (χ1) is 11.5. The van der Waals surface area contributed by atoms with E-state index in [9.17, 15) is 4.79 Å². The van der Waals surface area contributed by atoms with E-state index in [1.807, 2.05) is 12.1 Å². The van der Waals surface area contributed by atoms with E-state index in [1.54, 1.807) is 44.6 Å². The van der Waals surface area contributed by atoms with Gasteiger partial charge in [-0.15, -0.1) is 0 Å². The lowest BCUT2D eigenvalue weighted by Gasteiger charge is -2.14. The van der Waals surface area contributed by atoms with Crippen LogP contribution in [0.4, 0.5) is 5.69 Å². The molecule has 0 aromatic heterocycles. The molecule has 1 amide bonds. The monoisotopic (exact) mass is 329 g/mol. The maximum absolute atomic E-state index is 12.6. The molecule has 0 bridgehead atoms. The molecular weight excluding hydrogens is 306 g/mol. The molecule has 0 unspecified atom stereocenters. The molecule has 0 aliphatic carbocycles. The van der Waals surface area contributed by atoms with Crippen LogP contribution in [0.5, 0.6) is 17.2 Å². The summed E-state index contributed by atoms with van der Waals surface area (Å²) in [6.45, 7) is 4.68. The van der Waals surface area contributed by atoms with Crippen LogP contribution in [0.1, 0.15) is 24.2 Å². The fourth-order valence-corrected chi connectivity index (χ4v) is 2.15. The van der Waals surface area contributed by atoms with Crippen molar-refractivity contribution in [1.82, 2.24) is 0 Å². The Balaban J connectivity index is 2.18. The van der Waals surface area contributed by atoms with Gasteiger partial charge in [0.25, 0.3) is 5.91 Å². The third kappa shape index (κ3) is 4.41. The number of ether oxygens (including phenoxy) is 3. The molecule has 0 atom stereocenters. The summed E-state index contributed by atoms with van der Waals surface area (Å²) in [4.78, 5) is 12.6. The van der Waals surface area contributed by atoms with Gasteiger partial charge in [0.15, 0.2) is 11.5 Å². The second kappa shape index (κ2) is 8.24. The highest BCUT2D eigenvalue weighted by atomic mass is 16.5. The molecule has 2 aromatic rings. The van der Waals surface area contributed by atoms with Crippen molar-refractivity contribution in [3.05, 3.63) is 48.0 Å². The summed E-state index contributed by atoms with van der Waals surface area (Å²) in [5, 5.41) is 2.86. The van der Waals surface area contributed by atoms with Gasteiger partial charge in [-0.3, -0.25) is 4.79 Å². The lowest BCUT2D eigenvalue weighted by molar-refractivity contribution is 0.102. The van der Waals surface area contributed by atoms with Crippen LogP contribution in [-0.4, -0.2) is 26.7 Å². The number of carbonyl (C=O) groups excluding carboxylic acids is 1. The maximum atomic E-state index is 12.6. The topological polar surface area (TPSA) is 56.8 Å². The highest BCUT2D eigenvalue weighted by Crippen LogP contribution is 2.30. The molecule has 0 radical (unpaired) electrons. The van der Waals surface area contributed by atoms with Crippen molar-refractivity contribution in [2.24, 2.45) is 5.92 Å². The highest BCUT2D eigenvalue weighted by molar-refractivity contribution is 6.06. The molecule has 24 heavy (non-hydrogen) atoms. The first-order valence-corrected chi connectivity index (χ1v) is 7.80. The van der Waals surface area contributed by atoms with Crippen molar-refractivity contribution in [2.75, 3.05) is 26.1 Å². The molecule has 0 aliphatic heterocycles. The fourth-order valence-electron chi connectivity index (χ4n) is 2.15. The van der Waals surface area contributed by atoms with Crippen molar-refractivity contribution in [2.45, 2.75) is 13.8 Å². The minimum absolute atomic E-state index is 0.235. The fraction of sp³-hybridized carbons (Fsp3) is 0.316. The minimum atomic E-state index is -0.235. The zero-order valence-corrected chi connectivity index (χ0v) is 14.5. The Bertz CT molecular complexity index is 698. The Hall–Kier alpha value is -2.69. The van der Waals surface area contributed by atoms with Crippen molar-refractivity contribution >= 4 is 11.6 Å². The lowest BCUT2D eigenvalue weighted by Crippen LogP contribution is -2.15. The van der Waals surface area contributed by atoms with E-state index in [1.165, 1.54) is 0 Å². The quantitative estimate of drug-likeness (QED) is 0.834. The lowest BCUT2D eigenvalue weighted by atomic mass is 10.1.